The lowest BCUT2D eigenvalue weighted by molar-refractivity contribution is 0.0950. The highest BCUT2D eigenvalue weighted by atomic mass is 16.5. The Balaban J connectivity index is 1.63. The maximum atomic E-state index is 12.4. The number of carbonyl (C=O) groups excluding carboxylic acids is 1. The first-order valence-corrected chi connectivity index (χ1v) is 8.71. The second-order valence-corrected chi connectivity index (χ2v) is 6.80. The van der Waals surface area contributed by atoms with Gasteiger partial charge in [-0.05, 0) is 61.9 Å². The molecule has 0 radical (unpaired) electrons. The number of carbonyl (C=O) groups is 1. The topological polar surface area (TPSA) is 77.2 Å². The van der Waals surface area contributed by atoms with Crippen molar-refractivity contribution in [3.63, 3.8) is 0 Å². The van der Waals surface area contributed by atoms with E-state index in [4.69, 9.17) is 10.5 Å². The third-order valence-electron chi connectivity index (χ3n) is 4.55. The minimum absolute atomic E-state index is 0.0632. The molecular weight excluding hydrogens is 314 g/mol. The fourth-order valence-electron chi connectivity index (χ4n) is 2.95. The Labute approximate surface area is 148 Å². The predicted octanol–water partition coefficient (Wildman–Crippen LogP) is 2.74. The molecule has 1 aromatic heterocycles. The van der Waals surface area contributed by atoms with Crippen molar-refractivity contribution in [2.24, 2.45) is 11.7 Å². The molecule has 1 saturated carbocycles. The summed E-state index contributed by atoms with van der Waals surface area (Å²) in [6, 6.07) is 7.65. The van der Waals surface area contributed by atoms with Gasteiger partial charge in [0, 0.05) is 36.1 Å². The molecule has 1 fully saturated rings. The molecule has 0 saturated heterocycles. The third kappa shape index (κ3) is 4.57. The van der Waals surface area contributed by atoms with Crippen LogP contribution in [0.5, 0.6) is 5.75 Å². The number of ether oxygens (including phenoxy) is 1. The molecule has 1 aliphatic carbocycles. The van der Waals surface area contributed by atoms with Crippen LogP contribution in [0.2, 0.25) is 0 Å². The number of benzene rings is 1. The van der Waals surface area contributed by atoms with Crippen molar-refractivity contribution in [1.29, 1.82) is 0 Å². The van der Waals surface area contributed by atoms with Crippen molar-refractivity contribution in [1.82, 2.24) is 10.3 Å². The first-order chi connectivity index (χ1) is 12.0. The lowest BCUT2D eigenvalue weighted by atomic mass is 10.0. The number of nitrogens with two attached hydrogens (primary N) is 1. The molecule has 1 unspecified atom stereocenters. The Kier molecular flexibility index (Phi) is 5.34. The molecule has 1 amide bonds. The zero-order valence-electron chi connectivity index (χ0n) is 14.8. The Hall–Kier alpha value is -2.40. The van der Waals surface area contributed by atoms with Gasteiger partial charge in [-0.2, -0.15) is 0 Å². The maximum absolute atomic E-state index is 12.4. The second kappa shape index (κ2) is 7.66. The van der Waals surface area contributed by atoms with Gasteiger partial charge >= 0.3 is 0 Å². The molecule has 1 heterocycles. The summed E-state index contributed by atoms with van der Waals surface area (Å²) < 4.78 is 5.93. The molecule has 3 N–H and O–H groups in total. The maximum Gasteiger partial charge on any atom is 0.251 e. The fourth-order valence-corrected chi connectivity index (χ4v) is 2.95. The Bertz CT molecular complexity index is 719. The average molecular weight is 339 g/mol. The summed E-state index contributed by atoms with van der Waals surface area (Å²) >= 11 is 0. The standard InChI is InChI=1S/C20H25N3O2/c1-13-8-17(20(24)23-11-18(21)16-5-6-16)9-14(2)19(13)25-12-15-4-3-7-22-10-15/h3-4,7-10,16,18H,5-6,11-12,21H2,1-2H3,(H,23,24). The highest BCUT2D eigenvalue weighted by molar-refractivity contribution is 5.94. The zero-order valence-corrected chi connectivity index (χ0v) is 14.8. The van der Waals surface area contributed by atoms with E-state index in [0.29, 0.717) is 24.6 Å². The normalized spacial score (nSPS) is 14.8. The number of hydrogen-bond donors (Lipinski definition) is 2. The highest BCUT2D eigenvalue weighted by Gasteiger charge is 2.28. The molecule has 1 atom stereocenters. The Morgan fingerprint density at radius 1 is 1.36 bits per heavy atom. The molecule has 0 aliphatic heterocycles. The largest absolute Gasteiger partial charge is 0.488 e. The lowest BCUT2D eigenvalue weighted by Gasteiger charge is -2.15. The van der Waals surface area contributed by atoms with E-state index in [2.05, 4.69) is 10.3 Å². The van der Waals surface area contributed by atoms with Crippen LogP contribution >= 0.6 is 0 Å². The minimum atomic E-state index is -0.0823. The lowest BCUT2D eigenvalue weighted by Crippen LogP contribution is -2.38. The van der Waals surface area contributed by atoms with E-state index in [1.54, 1.807) is 12.4 Å². The van der Waals surface area contributed by atoms with Gasteiger partial charge < -0.3 is 15.8 Å². The molecule has 132 valence electrons. The molecule has 5 heteroatoms. The van der Waals surface area contributed by atoms with Crippen molar-refractivity contribution in [3.8, 4) is 5.75 Å². The Morgan fingerprint density at radius 3 is 2.68 bits per heavy atom. The van der Waals surface area contributed by atoms with Gasteiger partial charge in [-0.3, -0.25) is 9.78 Å². The number of rotatable bonds is 7. The molecule has 5 nitrogen and oxygen atoms in total. The molecule has 2 aromatic rings. The fraction of sp³-hybridized carbons (Fsp3) is 0.400. The monoisotopic (exact) mass is 339 g/mol. The van der Waals surface area contributed by atoms with Crippen molar-refractivity contribution in [2.75, 3.05) is 6.54 Å². The van der Waals surface area contributed by atoms with Crippen LogP contribution in [0, 0.1) is 19.8 Å². The van der Waals surface area contributed by atoms with Gasteiger partial charge in [0.1, 0.15) is 12.4 Å². The summed E-state index contributed by atoms with van der Waals surface area (Å²) in [4.78, 5) is 16.5. The third-order valence-corrected chi connectivity index (χ3v) is 4.55. The van der Waals surface area contributed by atoms with E-state index in [-0.39, 0.29) is 11.9 Å². The highest BCUT2D eigenvalue weighted by Crippen LogP contribution is 2.31. The molecule has 3 rings (SSSR count). The number of aromatic nitrogens is 1. The first-order valence-electron chi connectivity index (χ1n) is 8.71. The van der Waals surface area contributed by atoms with Gasteiger partial charge in [0.15, 0.2) is 0 Å². The predicted molar refractivity (Wildman–Crippen MR) is 97.5 cm³/mol. The van der Waals surface area contributed by atoms with Crippen molar-refractivity contribution in [3.05, 3.63) is 58.9 Å². The van der Waals surface area contributed by atoms with Crippen molar-refractivity contribution < 1.29 is 9.53 Å². The molecule has 1 aromatic carbocycles. The van der Waals surface area contributed by atoms with E-state index < -0.39 is 0 Å². The van der Waals surface area contributed by atoms with Crippen molar-refractivity contribution >= 4 is 5.91 Å². The van der Waals surface area contributed by atoms with Crippen LogP contribution < -0.4 is 15.8 Å². The van der Waals surface area contributed by atoms with E-state index in [9.17, 15) is 4.79 Å². The van der Waals surface area contributed by atoms with E-state index in [1.807, 2.05) is 38.1 Å². The van der Waals surface area contributed by atoms with Crippen LogP contribution in [0.15, 0.2) is 36.7 Å². The smallest absolute Gasteiger partial charge is 0.251 e. The quantitative estimate of drug-likeness (QED) is 0.813. The van der Waals surface area contributed by atoms with Gasteiger partial charge in [0.2, 0.25) is 0 Å². The van der Waals surface area contributed by atoms with Gasteiger partial charge in [0.05, 0.1) is 0 Å². The second-order valence-electron chi connectivity index (χ2n) is 6.80. The number of aryl methyl sites for hydroxylation is 2. The summed E-state index contributed by atoms with van der Waals surface area (Å²) in [6.07, 6.45) is 5.88. The van der Waals surface area contributed by atoms with E-state index in [1.165, 1.54) is 12.8 Å². The van der Waals surface area contributed by atoms with Crippen LogP contribution in [0.1, 0.15) is 39.9 Å². The molecule has 25 heavy (non-hydrogen) atoms. The number of pyridine rings is 1. The minimum Gasteiger partial charge on any atom is -0.488 e. The number of amides is 1. The first kappa shape index (κ1) is 17.4. The van der Waals surface area contributed by atoms with Crippen molar-refractivity contribution in [2.45, 2.75) is 39.3 Å². The van der Waals surface area contributed by atoms with E-state index >= 15 is 0 Å². The average Bonchev–Trinajstić information content (AvgIpc) is 3.44. The number of hydrogen-bond acceptors (Lipinski definition) is 4. The van der Waals surface area contributed by atoms with Crippen LogP contribution in [0.3, 0.4) is 0 Å². The van der Waals surface area contributed by atoms with Gasteiger partial charge in [0.25, 0.3) is 5.91 Å². The summed E-state index contributed by atoms with van der Waals surface area (Å²) in [5.41, 5.74) is 9.59. The summed E-state index contributed by atoms with van der Waals surface area (Å²) in [5.74, 6) is 1.31. The van der Waals surface area contributed by atoms with E-state index in [0.717, 1.165) is 22.4 Å². The number of nitrogens with zero attached hydrogens (tertiary/aromatic N) is 1. The van der Waals surface area contributed by atoms with Crippen LogP contribution in [0.4, 0.5) is 0 Å². The summed E-state index contributed by atoms with van der Waals surface area (Å²) in [6.45, 7) is 4.90. The molecule has 1 aliphatic rings. The van der Waals surface area contributed by atoms with Gasteiger partial charge in [-0.25, -0.2) is 0 Å². The Morgan fingerprint density at radius 2 is 2.08 bits per heavy atom. The molecule has 0 spiro atoms. The van der Waals surface area contributed by atoms with Crippen LogP contribution in [-0.2, 0) is 6.61 Å². The van der Waals surface area contributed by atoms with Gasteiger partial charge in [-0.1, -0.05) is 6.07 Å². The van der Waals surface area contributed by atoms with Gasteiger partial charge in [-0.15, -0.1) is 0 Å². The molecular formula is C20H25N3O2. The van der Waals surface area contributed by atoms with Crippen LogP contribution in [-0.4, -0.2) is 23.5 Å². The SMILES string of the molecule is Cc1cc(C(=O)NCC(N)C2CC2)cc(C)c1OCc1cccnc1. The summed E-state index contributed by atoms with van der Waals surface area (Å²) in [5, 5.41) is 2.94. The molecule has 0 bridgehead atoms. The summed E-state index contributed by atoms with van der Waals surface area (Å²) in [7, 11) is 0. The number of nitrogens with one attached hydrogen (secondary N) is 1. The zero-order chi connectivity index (χ0) is 17.8. The van der Waals surface area contributed by atoms with Crippen LogP contribution in [0.25, 0.3) is 0 Å².